The summed E-state index contributed by atoms with van der Waals surface area (Å²) in [5.41, 5.74) is -4.42. The van der Waals surface area contributed by atoms with Crippen LogP contribution in [0.1, 0.15) is 29.4 Å². The number of alkyl halides is 6. The predicted molar refractivity (Wildman–Crippen MR) is 132 cm³/mol. The molecule has 0 atom stereocenters. The van der Waals surface area contributed by atoms with Crippen molar-refractivity contribution >= 4 is 15.7 Å². The topological polar surface area (TPSA) is 130 Å². The summed E-state index contributed by atoms with van der Waals surface area (Å²) in [6.45, 7) is -0.118. The summed E-state index contributed by atoms with van der Waals surface area (Å²) in [4.78, 5) is 7.54. The Morgan fingerprint density at radius 2 is 1.59 bits per heavy atom. The van der Waals surface area contributed by atoms with E-state index in [0.717, 1.165) is 42.6 Å². The maximum absolute atomic E-state index is 13.8. The van der Waals surface area contributed by atoms with Gasteiger partial charge in [-0.05, 0) is 37.1 Å². The van der Waals surface area contributed by atoms with Crippen LogP contribution in [0.15, 0.2) is 59.8 Å². The smallest absolute Gasteiger partial charge is 0.394 e. The molecule has 0 spiro atoms. The van der Waals surface area contributed by atoms with E-state index in [2.05, 4.69) is 31.6 Å². The van der Waals surface area contributed by atoms with Crippen LogP contribution in [0.25, 0.3) is 16.9 Å². The summed E-state index contributed by atoms with van der Waals surface area (Å²) in [7, 11) is -4.25. The minimum absolute atomic E-state index is 0.0102. The monoisotopic (exact) mass is 599 g/mol. The SMILES string of the molecule is CC(CO)(CO)NS(=O)(=O)c1cncc(C#Cc2cc3nc(-c4ccc(C(F)(F)F)cc4)cc(C(F)(F)F)n3n2)c1. The van der Waals surface area contributed by atoms with Crippen LogP contribution in [0.2, 0.25) is 0 Å². The van der Waals surface area contributed by atoms with Crippen LogP contribution in [-0.2, 0) is 22.4 Å². The van der Waals surface area contributed by atoms with Gasteiger partial charge < -0.3 is 10.2 Å². The molecule has 0 aliphatic rings. The zero-order valence-electron chi connectivity index (χ0n) is 20.8. The van der Waals surface area contributed by atoms with Crippen LogP contribution >= 0.6 is 0 Å². The predicted octanol–water partition coefficient (Wildman–Crippen LogP) is 3.25. The Labute approximate surface area is 228 Å². The molecule has 0 amide bonds. The third kappa shape index (κ3) is 6.65. The van der Waals surface area contributed by atoms with Crippen molar-refractivity contribution in [2.45, 2.75) is 29.7 Å². The van der Waals surface area contributed by atoms with Crippen LogP contribution in [0.3, 0.4) is 0 Å². The Kier molecular flexibility index (Phi) is 7.84. The first-order valence-corrected chi connectivity index (χ1v) is 12.9. The summed E-state index contributed by atoms with van der Waals surface area (Å²) >= 11 is 0. The average Bonchev–Trinajstić information content (AvgIpc) is 3.33. The number of aromatic nitrogens is 4. The maximum Gasteiger partial charge on any atom is 0.433 e. The number of hydrogen-bond donors (Lipinski definition) is 3. The van der Waals surface area contributed by atoms with Gasteiger partial charge in [0, 0.05) is 29.6 Å². The summed E-state index contributed by atoms with van der Waals surface area (Å²) < 4.78 is 108. The Bertz CT molecular complexity index is 1750. The van der Waals surface area contributed by atoms with Crippen LogP contribution in [0.4, 0.5) is 26.3 Å². The Morgan fingerprint density at radius 1 is 0.927 bits per heavy atom. The molecule has 16 heteroatoms. The van der Waals surface area contributed by atoms with Crippen LogP contribution in [-0.4, -0.2) is 57.0 Å². The molecule has 0 saturated heterocycles. The summed E-state index contributed by atoms with van der Waals surface area (Å²) in [6, 6.07) is 6.37. The molecule has 4 rings (SSSR count). The molecule has 1 aromatic carbocycles. The van der Waals surface area contributed by atoms with Crippen molar-refractivity contribution in [3.05, 3.63) is 77.4 Å². The minimum atomic E-state index is -4.91. The molecule has 9 nitrogen and oxygen atoms in total. The Balaban J connectivity index is 1.71. The quantitative estimate of drug-likeness (QED) is 0.229. The lowest BCUT2D eigenvalue weighted by molar-refractivity contribution is -0.142. The molecule has 3 N–H and O–H groups in total. The van der Waals surface area contributed by atoms with Gasteiger partial charge in [0.25, 0.3) is 0 Å². The lowest BCUT2D eigenvalue weighted by Crippen LogP contribution is -2.51. The maximum atomic E-state index is 13.8. The van der Waals surface area contributed by atoms with Gasteiger partial charge in [0.2, 0.25) is 10.0 Å². The van der Waals surface area contributed by atoms with Crippen molar-refractivity contribution in [1.29, 1.82) is 0 Å². The molecule has 0 fully saturated rings. The van der Waals surface area contributed by atoms with E-state index in [9.17, 15) is 45.0 Å². The molecule has 0 unspecified atom stereocenters. The van der Waals surface area contributed by atoms with Gasteiger partial charge >= 0.3 is 12.4 Å². The van der Waals surface area contributed by atoms with E-state index in [4.69, 9.17) is 0 Å². The first kappa shape index (κ1) is 29.9. The molecule has 0 aliphatic heterocycles. The number of benzene rings is 1. The highest BCUT2D eigenvalue weighted by atomic mass is 32.2. The standard InChI is InChI=1S/C25H19F6N5O4S/c1-23(13-37,14-38)35-41(39,40)19-8-15(11-32-12-19)2-7-18-9-22-33-20(10-21(25(29,30)31)36(22)34-18)16-3-5-17(6-4-16)24(26,27)28/h3-6,8-12,35,37-38H,13-14H2,1H3. The largest absolute Gasteiger partial charge is 0.433 e. The number of rotatable bonds is 6. The Hall–Kier alpha value is -4.04. The van der Waals surface area contributed by atoms with Gasteiger partial charge in [0.05, 0.1) is 30.0 Å². The van der Waals surface area contributed by atoms with Crippen molar-refractivity contribution in [3.63, 3.8) is 0 Å². The van der Waals surface area contributed by atoms with Gasteiger partial charge in [-0.25, -0.2) is 22.6 Å². The molecule has 3 aromatic heterocycles. The molecule has 0 aliphatic carbocycles. The number of hydrogen-bond acceptors (Lipinski definition) is 7. The zero-order chi connectivity index (χ0) is 30.2. The zero-order valence-corrected chi connectivity index (χ0v) is 21.6. The number of nitrogens with one attached hydrogen (secondary N) is 1. The van der Waals surface area contributed by atoms with E-state index >= 15 is 0 Å². The van der Waals surface area contributed by atoms with Crippen molar-refractivity contribution in [1.82, 2.24) is 24.3 Å². The third-order valence-electron chi connectivity index (χ3n) is 5.66. The third-order valence-corrected chi connectivity index (χ3v) is 7.27. The average molecular weight is 600 g/mol. The van der Waals surface area contributed by atoms with Crippen LogP contribution < -0.4 is 4.72 Å². The van der Waals surface area contributed by atoms with Crippen molar-refractivity contribution in [2.24, 2.45) is 0 Å². The molecular formula is C25H19F6N5O4S. The lowest BCUT2D eigenvalue weighted by atomic mass is 10.1. The van der Waals surface area contributed by atoms with Crippen molar-refractivity contribution < 1.29 is 45.0 Å². The second kappa shape index (κ2) is 10.7. The highest BCUT2D eigenvalue weighted by Gasteiger charge is 2.36. The molecular weight excluding hydrogens is 580 g/mol. The number of sulfonamides is 1. The van der Waals surface area contributed by atoms with Crippen molar-refractivity contribution in [2.75, 3.05) is 13.2 Å². The van der Waals surface area contributed by atoms with E-state index in [1.807, 2.05) is 0 Å². The van der Waals surface area contributed by atoms with E-state index < -0.39 is 52.4 Å². The number of pyridine rings is 1. The number of nitrogens with zero attached hydrogens (tertiary/aromatic N) is 4. The van der Waals surface area contributed by atoms with Gasteiger partial charge in [0.1, 0.15) is 10.6 Å². The second-order valence-electron chi connectivity index (χ2n) is 9.04. The summed E-state index contributed by atoms with van der Waals surface area (Å²) in [5, 5.41) is 22.5. The molecule has 4 aromatic rings. The van der Waals surface area contributed by atoms with Gasteiger partial charge in [0.15, 0.2) is 11.3 Å². The molecule has 41 heavy (non-hydrogen) atoms. The second-order valence-corrected chi connectivity index (χ2v) is 10.7. The van der Waals surface area contributed by atoms with E-state index in [1.54, 1.807) is 0 Å². The molecule has 0 radical (unpaired) electrons. The highest BCUT2D eigenvalue weighted by Crippen LogP contribution is 2.34. The number of fused-ring (bicyclic) bond motifs is 1. The summed E-state index contributed by atoms with van der Waals surface area (Å²) in [6.07, 6.45) is -7.34. The highest BCUT2D eigenvalue weighted by molar-refractivity contribution is 7.89. The van der Waals surface area contributed by atoms with Crippen LogP contribution in [0, 0.1) is 11.8 Å². The normalized spacial score (nSPS) is 12.8. The first-order valence-electron chi connectivity index (χ1n) is 11.4. The fourth-order valence-corrected chi connectivity index (χ4v) is 4.86. The molecule has 3 heterocycles. The fraction of sp³-hybridized carbons (Fsp3) is 0.240. The van der Waals surface area contributed by atoms with Gasteiger partial charge in [-0.3, -0.25) is 4.98 Å². The Morgan fingerprint density at radius 3 is 2.17 bits per heavy atom. The number of aliphatic hydroxyl groups is 2. The molecule has 0 saturated carbocycles. The number of halogens is 6. The van der Waals surface area contributed by atoms with E-state index in [-0.39, 0.29) is 33.1 Å². The lowest BCUT2D eigenvalue weighted by Gasteiger charge is -2.25. The minimum Gasteiger partial charge on any atom is -0.394 e. The summed E-state index contributed by atoms with van der Waals surface area (Å²) in [5.74, 6) is 5.07. The molecule has 216 valence electrons. The van der Waals surface area contributed by atoms with Gasteiger partial charge in [-0.2, -0.15) is 31.4 Å². The fourth-order valence-electron chi connectivity index (χ4n) is 3.48. The van der Waals surface area contributed by atoms with Crippen molar-refractivity contribution in [3.8, 4) is 23.1 Å². The number of aliphatic hydroxyl groups excluding tert-OH is 2. The molecule has 0 bridgehead atoms. The van der Waals surface area contributed by atoms with Gasteiger partial charge in [-0.1, -0.05) is 18.1 Å². The van der Waals surface area contributed by atoms with Gasteiger partial charge in [-0.15, -0.1) is 0 Å². The first-order chi connectivity index (χ1) is 19.0. The van der Waals surface area contributed by atoms with E-state index in [1.165, 1.54) is 13.1 Å². The van der Waals surface area contributed by atoms with E-state index in [0.29, 0.717) is 10.6 Å². The van der Waals surface area contributed by atoms with Crippen LogP contribution in [0.5, 0.6) is 0 Å².